The lowest BCUT2D eigenvalue weighted by Gasteiger charge is -2.23. The van der Waals surface area contributed by atoms with E-state index in [2.05, 4.69) is 20.3 Å². The number of rotatable bonds is 4. The fourth-order valence-corrected chi connectivity index (χ4v) is 4.20. The predicted molar refractivity (Wildman–Crippen MR) is 112 cm³/mol. The molecule has 1 N–H and O–H groups in total. The predicted octanol–water partition coefficient (Wildman–Crippen LogP) is 5.26. The van der Waals surface area contributed by atoms with Gasteiger partial charge in [-0.25, -0.2) is 4.39 Å². The molecule has 1 atom stereocenters. The lowest BCUT2D eigenvalue weighted by molar-refractivity contribution is -0.137. The van der Waals surface area contributed by atoms with Gasteiger partial charge >= 0.3 is 6.18 Å². The lowest BCUT2D eigenvalue weighted by Crippen LogP contribution is -2.31. The number of H-pyrrole nitrogens is 1. The highest BCUT2D eigenvalue weighted by Gasteiger charge is 2.38. The molecule has 11 heteroatoms. The van der Waals surface area contributed by atoms with Crippen LogP contribution in [0, 0.1) is 5.82 Å². The average molecular weight is 471 g/mol. The number of nitrogens with zero attached hydrogens (tertiary/aromatic N) is 4. The number of aromatic amines is 1. The van der Waals surface area contributed by atoms with Gasteiger partial charge in [0.2, 0.25) is 11.7 Å². The van der Waals surface area contributed by atoms with Crippen molar-refractivity contribution >= 4 is 5.91 Å². The number of aromatic nitrogens is 4. The Labute approximate surface area is 190 Å². The fourth-order valence-electron chi connectivity index (χ4n) is 4.20. The zero-order valence-electron chi connectivity index (χ0n) is 17.5. The Kier molecular flexibility index (Phi) is 5.39. The van der Waals surface area contributed by atoms with Crippen molar-refractivity contribution in [3.63, 3.8) is 0 Å². The molecule has 4 aromatic rings. The molecule has 5 rings (SSSR count). The highest BCUT2D eigenvalue weighted by Crippen LogP contribution is 2.38. The maximum absolute atomic E-state index is 14.7. The lowest BCUT2D eigenvalue weighted by atomic mass is 10.0. The van der Waals surface area contributed by atoms with Gasteiger partial charge in [0.1, 0.15) is 11.9 Å². The first-order valence-corrected chi connectivity index (χ1v) is 10.4. The van der Waals surface area contributed by atoms with Crippen molar-refractivity contribution in [1.29, 1.82) is 0 Å². The fraction of sp³-hybridized carbons (Fsp3) is 0.217. The maximum atomic E-state index is 14.7. The first-order chi connectivity index (χ1) is 16.3. The molecule has 0 spiro atoms. The molecule has 0 aliphatic carbocycles. The van der Waals surface area contributed by atoms with Crippen LogP contribution in [0.1, 0.15) is 40.7 Å². The van der Waals surface area contributed by atoms with Crippen LogP contribution in [-0.4, -0.2) is 37.7 Å². The van der Waals surface area contributed by atoms with Gasteiger partial charge in [0.05, 0.1) is 16.8 Å². The second-order valence-electron chi connectivity index (χ2n) is 7.79. The summed E-state index contributed by atoms with van der Waals surface area (Å²) >= 11 is 0. The third-order valence-electron chi connectivity index (χ3n) is 5.73. The van der Waals surface area contributed by atoms with E-state index >= 15 is 0 Å². The van der Waals surface area contributed by atoms with Crippen LogP contribution in [0.5, 0.6) is 0 Å². The summed E-state index contributed by atoms with van der Waals surface area (Å²) in [5.74, 6) is -1.24. The van der Waals surface area contributed by atoms with Crippen LogP contribution in [0.4, 0.5) is 17.6 Å². The van der Waals surface area contributed by atoms with E-state index in [1.165, 1.54) is 47.5 Å². The first-order valence-electron chi connectivity index (χ1n) is 10.4. The van der Waals surface area contributed by atoms with E-state index in [1.54, 1.807) is 6.07 Å². The number of nitrogens with one attached hydrogen (secondary N) is 1. The van der Waals surface area contributed by atoms with E-state index in [-0.39, 0.29) is 28.4 Å². The summed E-state index contributed by atoms with van der Waals surface area (Å²) in [6.07, 6.45) is -2.05. The highest BCUT2D eigenvalue weighted by atomic mass is 19.4. The number of amides is 1. The van der Waals surface area contributed by atoms with Gasteiger partial charge in [-0.15, -0.1) is 0 Å². The molecule has 34 heavy (non-hydrogen) atoms. The van der Waals surface area contributed by atoms with Crippen molar-refractivity contribution in [3.05, 3.63) is 77.6 Å². The molecular formula is C23H17F4N5O2. The molecule has 1 aliphatic heterocycles. The smallest absolute Gasteiger partial charge is 0.337 e. The highest BCUT2D eigenvalue weighted by molar-refractivity contribution is 6.01. The molecule has 174 valence electrons. The van der Waals surface area contributed by atoms with Crippen LogP contribution < -0.4 is 0 Å². The molecule has 1 aliphatic rings. The Hall–Kier alpha value is -4.02. The summed E-state index contributed by atoms with van der Waals surface area (Å²) < 4.78 is 60.2. The maximum Gasteiger partial charge on any atom is 0.417 e. The van der Waals surface area contributed by atoms with Crippen molar-refractivity contribution in [2.45, 2.75) is 25.1 Å². The Morgan fingerprint density at radius 1 is 1.12 bits per heavy atom. The van der Waals surface area contributed by atoms with Gasteiger partial charge in [-0.2, -0.15) is 23.3 Å². The molecule has 0 bridgehead atoms. The molecule has 1 fully saturated rings. The minimum Gasteiger partial charge on any atom is -0.337 e. The Balaban J connectivity index is 1.48. The van der Waals surface area contributed by atoms with Crippen molar-refractivity contribution in [1.82, 2.24) is 25.2 Å². The summed E-state index contributed by atoms with van der Waals surface area (Å²) in [5.41, 5.74) is -0.543. The SMILES string of the molecule is O=C(c1cccc(F)c1-c1ccn[nH]1)N1CCCC1c1nc(-c2ccccc2C(F)(F)F)no1. The van der Waals surface area contributed by atoms with Gasteiger partial charge in [0.15, 0.2) is 0 Å². The Bertz CT molecular complexity index is 1330. The minimum absolute atomic E-state index is 0.0253. The van der Waals surface area contributed by atoms with E-state index in [1.807, 2.05) is 0 Å². The summed E-state index contributed by atoms with van der Waals surface area (Å²) in [7, 11) is 0. The quantitative estimate of drug-likeness (QED) is 0.410. The number of benzene rings is 2. The molecule has 1 unspecified atom stereocenters. The molecule has 2 aromatic carbocycles. The summed E-state index contributed by atoms with van der Waals surface area (Å²) in [5, 5.41) is 10.2. The van der Waals surface area contributed by atoms with E-state index in [9.17, 15) is 22.4 Å². The summed E-state index contributed by atoms with van der Waals surface area (Å²) in [6, 6.07) is 10.0. The van der Waals surface area contributed by atoms with E-state index in [4.69, 9.17) is 4.52 Å². The zero-order chi connectivity index (χ0) is 23.9. The normalized spacial score (nSPS) is 16.2. The van der Waals surface area contributed by atoms with Crippen molar-refractivity contribution in [2.75, 3.05) is 6.54 Å². The number of halogens is 4. The second kappa shape index (κ2) is 8.40. The Morgan fingerprint density at radius 2 is 1.94 bits per heavy atom. The van der Waals surface area contributed by atoms with E-state index in [0.29, 0.717) is 25.1 Å². The van der Waals surface area contributed by atoms with Crippen molar-refractivity contribution in [2.24, 2.45) is 0 Å². The molecule has 2 aromatic heterocycles. The van der Waals surface area contributed by atoms with Crippen molar-refractivity contribution in [3.8, 4) is 22.6 Å². The second-order valence-corrected chi connectivity index (χ2v) is 7.79. The molecule has 1 saturated heterocycles. The van der Waals surface area contributed by atoms with Crippen LogP contribution >= 0.6 is 0 Å². The minimum atomic E-state index is -4.59. The molecule has 3 heterocycles. The molecule has 1 amide bonds. The van der Waals surface area contributed by atoms with Crippen LogP contribution in [-0.2, 0) is 6.18 Å². The van der Waals surface area contributed by atoms with Gasteiger partial charge in [0.25, 0.3) is 5.91 Å². The largest absolute Gasteiger partial charge is 0.417 e. The number of hydrogen-bond donors (Lipinski definition) is 1. The number of likely N-dealkylation sites (tertiary alicyclic amines) is 1. The molecule has 7 nitrogen and oxygen atoms in total. The number of hydrogen-bond acceptors (Lipinski definition) is 5. The van der Waals surface area contributed by atoms with E-state index in [0.717, 1.165) is 6.07 Å². The number of alkyl halides is 3. The van der Waals surface area contributed by atoms with Crippen LogP contribution in [0.25, 0.3) is 22.6 Å². The molecule has 0 radical (unpaired) electrons. The summed E-state index contributed by atoms with van der Waals surface area (Å²) in [6.45, 7) is 0.347. The van der Waals surface area contributed by atoms with Gasteiger partial charge in [-0.1, -0.05) is 29.4 Å². The van der Waals surface area contributed by atoms with Gasteiger partial charge in [-0.05, 0) is 37.1 Å². The van der Waals surface area contributed by atoms with Gasteiger partial charge in [0, 0.05) is 23.9 Å². The van der Waals surface area contributed by atoms with Crippen molar-refractivity contribution < 1.29 is 26.9 Å². The van der Waals surface area contributed by atoms with Crippen LogP contribution in [0.15, 0.2) is 59.3 Å². The molecular weight excluding hydrogens is 454 g/mol. The molecule has 0 saturated carbocycles. The van der Waals surface area contributed by atoms with Crippen LogP contribution in [0.2, 0.25) is 0 Å². The van der Waals surface area contributed by atoms with E-state index < -0.39 is 29.5 Å². The van der Waals surface area contributed by atoms with Crippen LogP contribution in [0.3, 0.4) is 0 Å². The number of carbonyl (C=O) groups excluding carboxylic acids is 1. The monoisotopic (exact) mass is 471 g/mol. The third kappa shape index (κ3) is 3.82. The topological polar surface area (TPSA) is 87.9 Å². The Morgan fingerprint density at radius 3 is 2.71 bits per heavy atom. The van der Waals surface area contributed by atoms with Gasteiger partial charge in [-0.3, -0.25) is 9.89 Å². The third-order valence-corrected chi connectivity index (χ3v) is 5.73. The standard InChI is InChI=1S/C23H17F4N5O2/c24-16-8-3-6-14(19(16)17-10-11-28-30-17)22(33)32-12-4-9-18(32)21-29-20(31-34-21)13-5-1-2-7-15(13)23(25,26)27/h1-3,5-8,10-11,18H,4,9,12H2,(H,28,30). The number of carbonyl (C=O) groups is 1. The average Bonchev–Trinajstić information content (AvgIpc) is 3.59. The summed E-state index contributed by atoms with van der Waals surface area (Å²) in [4.78, 5) is 19.1. The van der Waals surface area contributed by atoms with Gasteiger partial charge < -0.3 is 9.42 Å². The first kappa shape index (κ1) is 21.8. The zero-order valence-corrected chi connectivity index (χ0v) is 17.5.